The number of methoxy groups -OCH3 is 4. The highest BCUT2D eigenvalue weighted by atomic mass is 16.5. The highest BCUT2D eigenvalue weighted by Gasteiger charge is 2.23. The van der Waals surface area contributed by atoms with Gasteiger partial charge in [0, 0.05) is 17.3 Å². The van der Waals surface area contributed by atoms with Gasteiger partial charge in [-0.1, -0.05) is 6.07 Å². The number of carbonyl (C=O) groups excluding carboxylic acids is 1. The minimum absolute atomic E-state index is 0.362. The number of ether oxygens (including phenoxy) is 4. The first-order chi connectivity index (χ1) is 14.0. The summed E-state index contributed by atoms with van der Waals surface area (Å²) in [6, 6.07) is 7.55. The lowest BCUT2D eigenvalue weighted by atomic mass is 10.1. The molecule has 156 valence electrons. The molecule has 0 atom stereocenters. The van der Waals surface area contributed by atoms with Crippen LogP contribution in [0.4, 0.5) is 0 Å². The Morgan fingerprint density at radius 2 is 1.69 bits per heavy atom. The Morgan fingerprint density at radius 3 is 2.28 bits per heavy atom. The molecule has 7 nitrogen and oxygen atoms in total. The molecule has 2 aromatic carbocycles. The highest BCUT2D eigenvalue weighted by molar-refractivity contribution is 6.13. The number of nitrogens with zero attached hydrogens (tertiary/aromatic N) is 2. The molecule has 0 aliphatic carbocycles. The van der Waals surface area contributed by atoms with Crippen molar-refractivity contribution in [2.75, 3.05) is 49.1 Å². The van der Waals surface area contributed by atoms with Gasteiger partial charge in [-0.2, -0.15) is 0 Å². The molecule has 0 radical (unpaired) electrons. The lowest BCUT2D eigenvalue weighted by molar-refractivity contribution is 0.0601. The zero-order valence-corrected chi connectivity index (χ0v) is 17.9. The fourth-order valence-corrected chi connectivity index (χ4v) is 3.74. The summed E-state index contributed by atoms with van der Waals surface area (Å²) in [5, 5.41) is 1.99. The van der Waals surface area contributed by atoms with Crippen molar-refractivity contribution in [3.8, 4) is 17.2 Å². The molecule has 3 aromatic rings. The van der Waals surface area contributed by atoms with Crippen LogP contribution in [0.1, 0.15) is 16.8 Å². The van der Waals surface area contributed by atoms with Crippen molar-refractivity contribution < 1.29 is 23.7 Å². The van der Waals surface area contributed by atoms with Crippen LogP contribution in [0.2, 0.25) is 0 Å². The Balaban J connectivity index is 2.35. The normalized spacial score (nSPS) is 11.3. The maximum Gasteiger partial charge on any atom is 0.337 e. The number of esters is 1. The van der Waals surface area contributed by atoms with Gasteiger partial charge in [0.2, 0.25) is 5.75 Å². The van der Waals surface area contributed by atoms with Gasteiger partial charge < -0.3 is 28.4 Å². The predicted molar refractivity (Wildman–Crippen MR) is 114 cm³/mol. The average molecular weight is 400 g/mol. The first-order valence-corrected chi connectivity index (χ1v) is 9.44. The number of carbonyl (C=O) groups is 1. The van der Waals surface area contributed by atoms with Crippen LogP contribution in [0.3, 0.4) is 0 Å². The van der Waals surface area contributed by atoms with Gasteiger partial charge in [0.15, 0.2) is 11.5 Å². The third kappa shape index (κ3) is 3.70. The van der Waals surface area contributed by atoms with Crippen molar-refractivity contribution in [3.05, 3.63) is 29.8 Å². The molecule has 1 heterocycles. The summed E-state index contributed by atoms with van der Waals surface area (Å²) in [6.07, 6.45) is 0.936. The van der Waals surface area contributed by atoms with E-state index in [-0.39, 0.29) is 5.97 Å². The van der Waals surface area contributed by atoms with Crippen LogP contribution in [-0.4, -0.2) is 64.5 Å². The second-order valence-electron chi connectivity index (χ2n) is 7.07. The maximum atomic E-state index is 12.1. The Hall–Kier alpha value is -2.93. The molecule has 0 fully saturated rings. The van der Waals surface area contributed by atoms with E-state index in [2.05, 4.69) is 23.6 Å². The second-order valence-corrected chi connectivity index (χ2v) is 7.07. The average Bonchev–Trinajstić information content (AvgIpc) is 3.04. The van der Waals surface area contributed by atoms with Crippen molar-refractivity contribution in [3.63, 3.8) is 0 Å². The van der Waals surface area contributed by atoms with Crippen molar-refractivity contribution >= 4 is 27.8 Å². The fourth-order valence-electron chi connectivity index (χ4n) is 3.74. The molecule has 0 aliphatic rings. The molecule has 0 spiro atoms. The van der Waals surface area contributed by atoms with E-state index in [9.17, 15) is 4.79 Å². The molecule has 0 saturated carbocycles. The van der Waals surface area contributed by atoms with E-state index in [0.717, 1.165) is 41.3 Å². The van der Waals surface area contributed by atoms with Gasteiger partial charge in [0.1, 0.15) is 0 Å². The van der Waals surface area contributed by atoms with Gasteiger partial charge in [0.25, 0.3) is 0 Å². The number of aromatic nitrogens is 1. The molecule has 7 heteroatoms. The van der Waals surface area contributed by atoms with Crippen molar-refractivity contribution in [1.29, 1.82) is 0 Å². The van der Waals surface area contributed by atoms with E-state index in [0.29, 0.717) is 22.8 Å². The largest absolute Gasteiger partial charge is 0.493 e. The number of hydrogen-bond acceptors (Lipinski definition) is 6. The van der Waals surface area contributed by atoms with Crippen molar-refractivity contribution in [2.24, 2.45) is 0 Å². The number of fused-ring (bicyclic) bond motifs is 3. The zero-order valence-electron chi connectivity index (χ0n) is 17.9. The highest BCUT2D eigenvalue weighted by Crippen LogP contribution is 2.46. The third-order valence-electron chi connectivity index (χ3n) is 5.06. The van der Waals surface area contributed by atoms with E-state index >= 15 is 0 Å². The Kier molecular flexibility index (Phi) is 6.17. The SMILES string of the molecule is COC(=O)c1ccc2c3cc(OC)c(OC)c(OC)c3n(CCCN(C)C)c2c1. The summed E-state index contributed by atoms with van der Waals surface area (Å²) in [5.74, 6) is 1.40. The number of benzene rings is 2. The van der Waals surface area contributed by atoms with Crippen LogP contribution in [0.5, 0.6) is 17.2 Å². The van der Waals surface area contributed by atoms with Crippen LogP contribution in [-0.2, 0) is 11.3 Å². The molecule has 0 aliphatic heterocycles. The predicted octanol–water partition coefficient (Wildman–Crippen LogP) is 3.56. The van der Waals surface area contributed by atoms with Gasteiger partial charge >= 0.3 is 5.97 Å². The monoisotopic (exact) mass is 400 g/mol. The molecule has 0 bridgehead atoms. The summed E-state index contributed by atoms with van der Waals surface area (Å²) < 4.78 is 24.0. The van der Waals surface area contributed by atoms with E-state index in [4.69, 9.17) is 18.9 Å². The molecule has 0 unspecified atom stereocenters. The lowest BCUT2D eigenvalue weighted by Gasteiger charge is -2.16. The van der Waals surface area contributed by atoms with Gasteiger partial charge in [-0.15, -0.1) is 0 Å². The van der Waals surface area contributed by atoms with Crippen LogP contribution in [0, 0.1) is 0 Å². The minimum Gasteiger partial charge on any atom is -0.493 e. The zero-order chi connectivity index (χ0) is 21.1. The summed E-state index contributed by atoms with van der Waals surface area (Å²) in [7, 11) is 10.3. The topological polar surface area (TPSA) is 62.2 Å². The van der Waals surface area contributed by atoms with Crippen molar-refractivity contribution in [2.45, 2.75) is 13.0 Å². The van der Waals surface area contributed by atoms with Gasteiger partial charge in [-0.05, 0) is 45.3 Å². The number of hydrogen-bond donors (Lipinski definition) is 0. The van der Waals surface area contributed by atoms with Gasteiger partial charge in [0.05, 0.1) is 45.0 Å². The van der Waals surface area contributed by atoms with Crippen LogP contribution < -0.4 is 14.2 Å². The number of rotatable bonds is 8. The lowest BCUT2D eigenvalue weighted by Crippen LogP contribution is -2.15. The molecule has 0 amide bonds. The van der Waals surface area contributed by atoms with E-state index in [1.165, 1.54) is 7.11 Å². The second kappa shape index (κ2) is 8.61. The smallest absolute Gasteiger partial charge is 0.337 e. The molecule has 3 rings (SSSR count). The van der Waals surface area contributed by atoms with E-state index in [1.807, 2.05) is 18.2 Å². The maximum absolute atomic E-state index is 12.1. The summed E-state index contributed by atoms with van der Waals surface area (Å²) >= 11 is 0. The van der Waals surface area contributed by atoms with Crippen LogP contribution >= 0.6 is 0 Å². The van der Waals surface area contributed by atoms with Crippen molar-refractivity contribution in [1.82, 2.24) is 9.47 Å². The first kappa shape index (κ1) is 20.8. The molecule has 0 N–H and O–H groups in total. The third-order valence-corrected chi connectivity index (χ3v) is 5.06. The molecular formula is C22H28N2O5. The van der Waals surface area contributed by atoms with E-state index in [1.54, 1.807) is 27.4 Å². The Morgan fingerprint density at radius 1 is 0.966 bits per heavy atom. The van der Waals surface area contributed by atoms with Gasteiger partial charge in [-0.25, -0.2) is 4.79 Å². The molecule has 29 heavy (non-hydrogen) atoms. The standard InChI is InChI=1S/C22H28N2O5/c1-23(2)10-7-11-24-17-12-14(22(25)29-6)8-9-15(17)16-13-18(26-3)20(27-4)21(28-5)19(16)24/h8-9,12-13H,7,10-11H2,1-6H3. The van der Waals surface area contributed by atoms with Crippen LogP contribution in [0.15, 0.2) is 24.3 Å². The molecule has 1 aromatic heterocycles. The first-order valence-electron chi connectivity index (χ1n) is 9.44. The summed E-state index contributed by atoms with van der Waals surface area (Å²) in [4.78, 5) is 14.3. The molecular weight excluding hydrogens is 372 g/mol. The number of aryl methyl sites for hydroxylation is 1. The fraction of sp³-hybridized carbons (Fsp3) is 0.409. The summed E-state index contributed by atoms with van der Waals surface area (Å²) in [5.41, 5.74) is 2.37. The minimum atomic E-state index is -0.362. The quantitative estimate of drug-likeness (QED) is 0.539. The van der Waals surface area contributed by atoms with Crippen LogP contribution in [0.25, 0.3) is 21.8 Å². The molecule has 0 saturated heterocycles. The Bertz CT molecular complexity index is 1040. The van der Waals surface area contributed by atoms with E-state index < -0.39 is 0 Å². The Labute approximate surface area is 170 Å². The summed E-state index contributed by atoms with van der Waals surface area (Å²) in [6.45, 7) is 1.70. The van der Waals surface area contributed by atoms with Gasteiger partial charge in [-0.3, -0.25) is 0 Å².